The lowest BCUT2D eigenvalue weighted by Gasteiger charge is -2.33. The molecule has 1 saturated carbocycles. The largest absolute Gasteiger partial charge is 0.377 e. The highest BCUT2D eigenvalue weighted by Crippen LogP contribution is 2.33. The Morgan fingerprint density at radius 2 is 2.06 bits per heavy atom. The molecule has 0 amide bonds. The van der Waals surface area contributed by atoms with Gasteiger partial charge in [-0.05, 0) is 66.5 Å². The lowest BCUT2D eigenvalue weighted by atomic mass is 9.95. The maximum absolute atomic E-state index is 13.2. The third-order valence-electron chi connectivity index (χ3n) is 7.74. The highest BCUT2D eigenvalue weighted by molar-refractivity contribution is 5.81. The molecule has 8 nitrogen and oxygen atoms in total. The van der Waals surface area contributed by atoms with Gasteiger partial charge in [-0.25, -0.2) is 4.68 Å². The van der Waals surface area contributed by atoms with Crippen LogP contribution in [0.3, 0.4) is 0 Å². The van der Waals surface area contributed by atoms with Crippen molar-refractivity contribution in [2.45, 2.75) is 96.4 Å². The molecule has 2 fully saturated rings. The van der Waals surface area contributed by atoms with E-state index in [1.807, 2.05) is 19.1 Å². The summed E-state index contributed by atoms with van der Waals surface area (Å²) >= 11 is 0. The first-order chi connectivity index (χ1) is 17.1. The molecule has 1 aliphatic heterocycles. The summed E-state index contributed by atoms with van der Waals surface area (Å²) in [6.45, 7) is 6.36. The van der Waals surface area contributed by atoms with Gasteiger partial charge in [0.1, 0.15) is 0 Å². The van der Waals surface area contributed by atoms with Crippen LogP contribution in [-0.4, -0.2) is 49.3 Å². The molecule has 1 aromatic carbocycles. The Hall–Kier alpha value is -2.58. The number of rotatable bonds is 9. The van der Waals surface area contributed by atoms with Gasteiger partial charge in [0.2, 0.25) is 0 Å². The Morgan fingerprint density at radius 1 is 1.20 bits per heavy atom. The van der Waals surface area contributed by atoms with Crippen LogP contribution in [0.2, 0.25) is 0 Å². The van der Waals surface area contributed by atoms with Crippen LogP contribution in [0.25, 0.3) is 10.9 Å². The maximum Gasteiger partial charge on any atom is 0.252 e. The van der Waals surface area contributed by atoms with Crippen molar-refractivity contribution >= 4 is 10.9 Å². The Labute approximate surface area is 207 Å². The summed E-state index contributed by atoms with van der Waals surface area (Å²) in [5.74, 6) is 0.935. The van der Waals surface area contributed by atoms with Crippen LogP contribution >= 0.6 is 0 Å². The van der Waals surface area contributed by atoms with E-state index in [0.717, 1.165) is 79.5 Å². The zero-order valence-electron chi connectivity index (χ0n) is 21.1. The zero-order valence-corrected chi connectivity index (χ0v) is 21.1. The topological polar surface area (TPSA) is 88.9 Å². The van der Waals surface area contributed by atoms with Crippen molar-refractivity contribution in [1.29, 1.82) is 0 Å². The first-order valence-corrected chi connectivity index (χ1v) is 13.4. The predicted octanol–water partition coefficient (Wildman–Crippen LogP) is 4.85. The van der Waals surface area contributed by atoms with Crippen LogP contribution in [0.4, 0.5) is 0 Å². The maximum atomic E-state index is 13.2. The molecule has 0 bridgehead atoms. The summed E-state index contributed by atoms with van der Waals surface area (Å²) < 4.78 is 8.14. The molecule has 3 heterocycles. The van der Waals surface area contributed by atoms with E-state index in [0.29, 0.717) is 12.6 Å². The molecular formula is C27H38N6O2. The summed E-state index contributed by atoms with van der Waals surface area (Å²) in [7, 11) is 0. The number of tetrazole rings is 1. The number of aryl methyl sites for hydroxylation is 1. The zero-order chi connectivity index (χ0) is 24.2. The molecule has 1 N–H and O–H groups in total. The van der Waals surface area contributed by atoms with Crippen LogP contribution in [0.15, 0.2) is 29.1 Å². The van der Waals surface area contributed by atoms with Gasteiger partial charge in [0.25, 0.3) is 5.56 Å². The Kier molecular flexibility index (Phi) is 7.58. The van der Waals surface area contributed by atoms with Crippen molar-refractivity contribution in [3.8, 4) is 0 Å². The van der Waals surface area contributed by atoms with Crippen molar-refractivity contribution < 1.29 is 4.74 Å². The van der Waals surface area contributed by atoms with Gasteiger partial charge >= 0.3 is 0 Å². The van der Waals surface area contributed by atoms with Crippen LogP contribution in [0, 0.1) is 6.92 Å². The number of hydrogen-bond acceptors (Lipinski definition) is 6. The highest BCUT2D eigenvalue weighted by atomic mass is 16.5. The van der Waals surface area contributed by atoms with Gasteiger partial charge in [0.15, 0.2) is 5.82 Å². The summed E-state index contributed by atoms with van der Waals surface area (Å²) in [6.07, 6.45) is 10.3. The summed E-state index contributed by atoms with van der Waals surface area (Å²) in [5.41, 5.74) is 2.75. The third-order valence-corrected chi connectivity index (χ3v) is 7.74. The number of benzene rings is 1. The van der Waals surface area contributed by atoms with Crippen molar-refractivity contribution in [1.82, 2.24) is 30.1 Å². The van der Waals surface area contributed by atoms with Crippen molar-refractivity contribution in [2.24, 2.45) is 0 Å². The molecule has 2 atom stereocenters. The van der Waals surface area contributed by atoms with E-state index in [4.69, 9.17) is 4.74 Å². The molecule has 1 saturated heterocycles. The second-order valence-corrected chi connectivity index (χ2v) is 10.3. The van der Waals surface area contributed by atoms with E-state index in [9.17, 15) is 4.79 Å². The van der Waals surface area contributed by atoms with E-state index in [-0.39, 0.29) is 17.7 Å². The molecule has 8 heteroatoms. The molecule has 5 rings (SSSR count). The number of ether oxygens (including phenoxy) is 1. The second-order valence-electron chi connectivity index (χ2n) is 10.3. The van der Waals surface area contributed by atoms with Gasteiger partial charge in [0, 0.05) is 25.3 Å². The monoisotopic (exact) mass is 478 g/mol. The summed E-state index contributed by atoms with van der Waals surface area (Å²) in [4.78, 5) is 18.7. The minimum Gasteiger partial charge on any atom is -0.377 e. The fraction of sp³-hybridized carbons (Fsp3) is 0.630. The predicted molar refractivity (Wildman–Crippen MR) is 136 cm³/mol. The van der Waals surface area contributed by atoms with Gasteiger partial charge in [-0.1, -0.05) is 50.8 Å². The van der Waals surface area contributed by atoms with E-state index >= 15 is 0 Å². The third kappa shape index (κ3) is 5.33. The minimum atomic E-state index is -0.0220. The molecule has 1 aliphatic carbocycles. The fourth-order valence-electron chi connectivity index (χ4n) is 5.87. The number of aromatic amines is 1. The number of pyridine rings is 1. The standard InChI is InChI=1S/C27H38N6O2/c1-3-9-24(26-29-30-31-33(26)22-12-5-4-6-13-22)32(18-23-14-8-15-35-23)17-21-16-20-11-7-10-19(2)25(20)28-27(21)34/h7,10-11,16,22-24H,3-6,8-9,12-15,17-18H2,1-2H3,(H,28,34)/t23-,24-/m1/s1. The molecule has 0 spiro atoms. The van der Waals surface area contributed by atoms with Gasteiger partial charge < -0.3 is 9.72 Å². The number of para-hydroxylation sites is 1. The average Bonchev–Trinajstić information content (AvgIpc) is 3.56. The molecule has 0 unspecified atom stereocenters. The molecule has 35 heavy (non-hydrogen) atoms. The summed E-state index contributed by atoms with van der Waals surface area (Å²) in [5, 5.41) is 14.2. The molecule has 188 valence electrons. The van der Waals surface area contributed by atoms with Gasteiger partial charge in [-0.15, -0.1) is 5.10 Å². The summed E-state index contributed by atoms with van der Waals surface area (Å²) in [6, 6.07) is 8.60. The molecule has 0 radical (unpaired) electrons. The van der Waals surface area contributed by atoms with Crippen molar-refractivity contribution in [3.05, 3.63) is 51.6 Å². The fourth-order valence-corrected chi connectivity index (χ4v) is 5.87. The van der Waals surface area contributed by atoms with E-state index in [1.54, 1.807) is 0 Å². The van der Waals surface area contributed by atoms with Gasteiger partial charge in [0.05, 0.1) is 23.7 Å². The Bertz CT molecular complexity index is 1180. The van der Waals surface area contributed by atoms with E-state index in [1.165, 1.54) is 19.3 Å². The van der Waals surface area contributed by atoms with Gasteiger partial charge in [-0.2, -0.15) is 0 Å². The van der Waals surface area contributed by atoms with Crippen LogP contribution in [-0.2, 0) is 11.3 Å². The van der Waals surface area contributed by atoms with Crippen LogP contribution < -0.4 is 5.56 Å². The highest BCUT2D eigenvalue weighted by Gasteiger charge is 2.32. The number of hydrogen-bond donors (Lipinski definition) is 1. The average molecular weight is 479 g/mol. The van der Waals surface area contributed by atoms with Crippen molar-refractivity contribution in [2.75, 3.05) is 13.2 Å². The van der Waals surface area contributed by atoms with Crippen molar-refractivity contribution in [3.63, 3.8) is 0 Å². The Balaban J connectivity index is 1.50. The van der Waals surface area contributed by atoms with Crippen LogP contribution in [0.5, 0.6) is 0 Å². The lowest BCUT2D eigenvalue weighted by Crippen LogP contribution is -2.38. The minimum absolute atomic E-state index is 0.0220. The first-order valence-electron chi connectivity index (χ1n) is 13.4. The smallest absolute Gasteiger partial charge is 0.252 e. The number of aromatic nitrogens is 5. The number of nitrogens with one attached hydrogen (secondary N) is 1. The number of H-pyrrole nitrogens is 1. The first kappa shape index (κ1) is 24.1. The number of nitrogens with zero attached hydrogens (tertiary/aromatic N) is 5. The number of fused-ring (bicyclic) bond motifs is 1. The SMILES string of the molecule is CCC[C@H](c1nnnn1C1CCCCC1)N(Cc1cc2cccc(C)c2[nH]c1=O)C[C@H]1CCCO1. The second kappa shape index (κ2) is 11.0. The van der Waals surface area contributed by atoms with Gasteiger partial charge in [-0.3, -0.25) is 9.69 Å². The van der Waals surface area contributed by atoms with Crippen LogP contribution in [0.1, 0.15) is 93.7 Å². The van der Waals surface area contributed by atoms with E-state index in [2.05, 4.69) is 49.1 Å². The Morgan fingerprint density at radius 3 is 2.83 bits per heavy atom. The molecular weight excluding hydrogens is 440 g/mol. The molecule has 2 aromatic heterocycles. The lowest BCUT2D eigenvalue weighted by molar-refractivity contribution is 0.0468. The van der Waals surface area contributed by atoms with E-state index < -0.39 is 0 Å². The normalized spacial score (nSPS) is 20.1. The molecule has 2 aliphatic rings. The quantitative estimate of drug-likeness (QED) is 0.473. The molecule has 3 aromatic rings.